The Hall–Kier alpha value is -1.49. The summed E-state index contributed by atoms with van der Waals surface area (Å²) >= 11 is 0. The van der Waals surface area contributed by atoms with Gasteiger partial charge in [-0.05, 0) is 32.0 Å². The van der Waals surface area contributed by atoms with E-state index in [4.69, 9.17) is 0 Å². The van der Waals surface area contributed by atoms with E-state index in [1.165, 1.54) is 0 Å². The molecule has 0 amide bonds. The zero-order valence-corrected chi connectivity index (χ0v) is 8.43. The number of hydrogen-bond donors (Lipinski definition) is 1. The minimum atomic E-state index is 0.493. The van der Waals surface area contributed by atoms with Gasteiger partial charge in [0.2, 0.25) is 0 Å². The molecule has 1 saturated heterocycles. The summed E-state index contributed by atoms with van der Waals surface area (Å²) in [5.41, 5.74) is 0. The van der Waals surface area contributed by atoms with Gasteiger partial charge in [0.25, 0.3) is 5.78 Å². The van der Waals surface area contributed by atoms with E-state index in [0.29, 0.717) is 11.7 Å². The average molecular weight is 203 g/mol. The molecule has 0 aliphatic carbocycles. The molecule has 0 atom stereocenters. The summed E-state index contributed by atoms with van der Waals surface area (Å²) in [5, 5.41) is 7.79. The Balaban J connectivity index is 1.96. The van der Waals surface area contributed by atoms with Crippen molar-refractivity contribution in [3.8, 4) is 0 Å². The number of nitrogens with one attached hydrogen (secondary N) is 1. The molecule has 1 N–H and O–H groups in total. The van der Waals surface area contributed by atoms with Crippen LogP contribution in [0.3, 0.4) is 0 Å². The van der Waals surface area contributed by atoms with Crippen LogP contribution in [0.2, 0.25) is 0 Å². The Kier molecular flexibility index (Phi) is 2.10. The number of hydrogen-bond acceptors (Lipinski definition) is 4. The third kappa shape index (κ3) is 1.59. The fraction of sp³-hybridized carbons (Fsp3) is 0.500. The molecule has 5 nitrogen and oxygen atoms in total. The molecule has 3 heterocycles. The third-order valence-electron chi connectivity index (χ3n) is 2.84. The lowest BCUT2D eigenvalue weighted by Gasteiger charge is -2.19. The molecular weight excluding hydrogens is 190 g/mol. The van der Waals surface area contributed by atoms with E-state index in [2.05, 4.69) is 20.4 Å². The van der Waals surface area contributed by atoms with E-state index >= 15 is 0 Å². The van der Waals surface area contributed by atoms with Crippen LogP contribution in [-0.4, -0.2) is 32.7 Å². The summed E-state index contributed by atoms with van der Waals surface area (Å²) in [4.78, 5) is 8.62. The molecule has 1 fully saturated rings. The van der Waals surface area contributed by atoms with Gasteiger partial charge >= 0.3 is 0 Å². The van der Waals surface area contributed by atoms with E-state index in [1.807, 2.05) is 12.3 Å². The summed E-state index contributed by atoms with van der Waals surface area (Å²) in [6.45, 7) is 2.13. The summed E-state index contributed by atoms with van der Waals surface area (Å²) < 4.78 is 1.75. The van der Waals surface area contributed by atoms with Crippen molar-refractivity contribution < 1.29 is 0 Å². The van der Waals surface area contributed by atoms with E-state index in [9.17, 15) is 0 Å². The standard InChI is InChI=1S/C10H13N5/c1-4-12-10-13-9(14-15(10)7-1)8-2-5-11-6-3-8/h1,4,7-8,11H,2-3,5-6H2. The first-order valence-corrected chi connectivity index (χ1v) is 5.31. The maximum absolute atomic E-state index is 4.45. The predicted octanol–water partition coefficient (Wildman–Crippen LogP) is 0.591. The highest BCUT2D eigenvalue weighted by molar-refractivity contribution is 5.26. The second-order valence-corrected chi connectivity index (χ2v) is 3.86. The number of piperidine rings is 1. The number of nitrogens with zero attached hydrogens (tertiary/aromatic N) is 4. The van der Waals surface area contributed by atoms with Crippen molar-refractivity contribution in [1.29, 1.82) is 0 Å². The average Bonchev–Trinajstić information content (AvgIpc) is 2.74. The zero-order valence-electron chi connectivity index (χ0n) is 8.43. The molecule has 15 heavy (non-hydrogen) atoms. The predicted molar refractivity (Wildman–Crippen MR) is 55.6 cm³/mol. The maximum atomic E-state index is 4.45. The molecule has 5 heteroatoms. The summed E-state index contributed by atoms with van der Waals surface area (Å²) in [6.07, 6.45) is 5.88. The third-order valence-corrected chi connectivity index (χ3v) is 2.84. The van der Waals surface area contributed by atoms with Gasteiger partial charge in [0.05, 0.1) is 0 Å². The minimum absolute atomic E-state index is 0.493. The molecule has 0 aromatic carbocycles. The summed E-state index contributed by atoms with van der Waals surface area (Å²) in [5.74, 6) is 2.13. The molecule has 2 aromatic rings. The van der Waals surface area contributed by atoms with Crippen molar-refractivity contribution in [3.05, 3.63) is 24.3 Å². The number of aromatic nitrogens is 4. The van der Waals surface area contributed by atoms with Gasteiger partial charge in [-0.3, -0.25) is 0 Å². The Morgan fingerprint density at radius 2 is 2.20 bits per heavy atom. The smallest absolute Gasteiger partial charge is 0.252 e. The van der Waals surface area contributed by atoms with Crippen LogP contribution in [-0.2, 0) is 0 Å². The second-order valence-electron chi connectivity index (χ2n) is 3.86. The Bertz CT molecular complexity index is 425. The van der Waals surface area contributed by atoms with Crippen LogP contribution < -0.4 is 5.32 Å². The molecule has 0 unspecified atom stereocenters. The fourth-order valence-electron chi connectivity index (χ4n) is 2.00. The lowest BCUT2D eigenvalue weighted by atomic mass is 9.98. The minimum Gasteiger partial charge on any atom is -0.317 e. The Morgan fingerprint density at radius 1 is 1.33 bits per heavy atom. The quantitative estimate of drug-likeness (QED) is 0.737. The van der Waals surface area contributed by atoms with E-state index < -0.39 is 0 Å². The second kappa shape index (κ2) is 3.58. The largest absolute Gasteiger partial charge is 0.317 e. The normalized spacial score (nSPS) is 18.4. The molecule has 0 radical (unpaired) electrons. The van der Waals surface area contributed by atoms with Gasteiger partial charge in [-0.25, -0.2) is 9.50 Å². The van der Waals surface area contributed by atoms with Crippen molar-refractivity contribution >= 4 is 5.78 Å². The molecule has 1 aliphatic heterocycles. The molecular formula is C10H13N5. The van der Waals surface area contributed by atoms with Crippen molar-refractivity contribution in [2.24, 2.45) is 0 Å². The Morgan fingerprint density at radius 3 is 3.00 bits per heavy atom. The van der Waals surface area contributed by atoms with E-state index in [1.54, 1.807) is 10.7 Å². The molecule has 0 saturated carbocycles. The molecule has 2 aromatic heterocycles. The van der Waals surface area contributed by atoms with Crippen molar-refractivity contribution in [2.75, 3.05) is 13.1 Å². The lowest BCUT2D eigenvalue weighted by Crippen LogP contribution is -2.27. The van der Waals surface area contributed by atoms with Gasteiger partial charge in [-0.15, -0.1) is 5.10 Å². The lowest BCUT2D eigenvalue weighted by molar-refractivity contribution is 0.445. The first-order chi connectivity index (χ1) is 7.43. The van der Waals surface area contributed by atoms with Gasteiger partial charge < -0.3 is 5.32 Å². The van der Waals surface area contributed by atoms with Crippen molar-refractivity contribution in [1.82, 2.24) is 24.9 Å². The summed E-state index contributed by atoms with van der Waals surface area (Å²) in [6, 6.07) is 1.87. The van der Waals surface area contributed by atoms with Crippen molar-refractivity contribution in [2.45, 2.75) is 18.8 Å². The zero-order chi connectivity index (χ0) is 10.1. The Labute approximate surface area is 87.5 Å². The first-order valence-electron chi connectivity index (χ1n) is 5.31. The van der Waals surface area contributed by atoms with Crippen LogP contribution in [0.25, 0.3) is 5.78 Å². The van der Waals surface area contributed by atoms with Crippen LogP contribution in [0.1, 0.15) is 24.6 Å². The highest BCUT2D eigenvalue weighted by atomic mass is 15.3. The highest BCUT2D eigenvalue weighted by Crippen LogP contribution is 2.21. The molecule has 1 aliphatic rings. The number of fused-ring (bicyclic) bond motifs is 1. The maximum Gasteiger partial charge on any atom is 0.252 e. The summed E-state index contributed by atoms with van der Waals surface area (Å²) in [7, 11) is 0. The van der Waals surface area contributed by atoms with Gasteiger partial charge in [0, 0.05) is 18.3 Å². The van der Waals surface area contributed by atoms with Gasteiger partial charge in [-0.2, -0.15) is 4.98 Å². The van der Waals surface area contributed by atoms with Gasteiger partial charge in [0.1, 0.15) is 0 Å². The first kappa shape index (κ1) is 8.79. The van der Waals surface area contributed by atoms with Gasteiger partial charge in [0.15, 0.2) is 5.82 Å². The highest BCUT2D eigenvalue weighted by Gasteiger charge is 2.19. The molecule has 78 valence electrons. The van der Waals surface area contributed by atoms with Crippen molar-refractivity contribution in [3.63, 3.8) is 0 Å². The van der Waals surface area contributed by atoms with Crippen LogP contribution >= 0.6 is 0 Å². The van der Waals surface area contributed by atoms with Gasteiger partial charge in [-0.1, -0.05) is 0 Å². The SMILES string of the molecule is c1cnc2nc(C3CCNCC3)nn2c1. The molecule has 0 spiro atoms. The fourth-order valence-corrected chi connectivity index (χ4v) is 2.00. The topological polar surface area (TPSA) is 55.1 Å². The van der Waals surface area contributed by atoms with Crippen LogP contribution in [0.4, 0.5) is 0 Å². The van der Waals surface area contributed by atoms with Crippen LogP contribution in [0.15, 0.2) is 18.5 Å². The molecule has 3 rings (SSSR count). The molecule has 0 bridgehead atoms. The van der Waals surface area contributed by atoms with Crippen LogP contribution in [0.5, 0.6) is 0 Å². The number of rotatable bonds is 1. The van der Waals surface area contributed by atoms with E-state index in [0.717, 1.165) is 31.8 Å². The van der Waals surface area contributed by atoms with E-state index in [-0.39, 0.29) is 0 Å². The van der Waals surface area contributed by atoms with Crippen LogP contribution in [0, 0.1) is 0 Å². The monoisotopic (exact) mass is 203 g/mol.